The number of aromatic nitrogens is 1. The zero-order chi connectivity index (χ0) is 13.7. The number of hydrogen-bond donors (Lipinski definition) is 0. The van der Waals surface area contributed by atoms with E-state index in [0.29, 0.717) is 23.9 Å². The van der Waals surface area contributed by atoms with Gasteiger partial charge in [0.15, 0.2) is 0 Å². The maximum Gasteiger partial charge on any atom is 0.254 e. The number of ether oxygens (including phenoxy) is 1. The van der Waals surface area contributed by atoms with E-state index in [4.69, 9.17) is 16.3 Å². The molecule has 0 unspecified atom stereocenters. The summed E-state index contributed by atoms with van der Waals surface area (Å²) in [5.74, 6) is 0.0205. The Labute approximate surface area is 118 Å². The third kappa shape index (κ3) is 3.91. The predicted octanol–water partition coefficient (Wildman–Crippen LogP) is 2.55. The minimum atomic E-state index is 0.0205. The van der Waals surface area contributed by atoms with Crippen molar-refractivity contribution in [3.63, 3.8) is 0 Å². The van der Waals surface area contributed by atoms with Crippen LogP contribution < -0.4 is 0 Å². The van der Waals surface area contributed by atoms with Gasteiger partial charge in [0.1, 0.15) is 5.15 Å². The number of carbonyl (C=O) groups is 1. The van der Waals surface area contributed by atoms with Crippen LogP contribution in [0.3, 0.4) is 0 Å². The van der Waals surface area contributed by atoms with E-state index in [1.165, 1.54) is 0 Å². The van der Waals surface area contributed by atoms with Gasteiger partial charge in [0.25, 0.3) is 5.91 Å². The molecule has 1 aliphatic rings. The number of amides is 1. The van der Waals surface area contributed by atoms with Crippen molar-refractivity contribution < 1.29 is 9.53 Å². The summed E-state index contributed by atoms with van der Waals surface area (Å²) in [5.41, 5.74) is 1.51. The van der Waals surface area contributed by atoms with E-state index in [-0.39, 0.29) is 5.91 Å². The Bertz CT molecular complexity index is 443. The summed E-state index contributed by atoms with van der Waals surface area (Å²) in [5, 5.41) is 0.389. The van der Waals surface area contributed by atoms with Gasteiger partial charge in [-0.25, -0.2) is 4.98 Å². The highest BCUT2D eigenvalue weighted by atomic mass is 35.5. The fourth-order valence-electron chi connectivity index (χ4n) is 2.19. The van der Waals surface area contributed by atoms with Crippen LogP contribution in [0.25, 0.3) is 0 Å². The smallest absolute Gasteiger partial charge is 0.254 e. The molecule has 1 fully saturated rings. The molecule has 19 heavy (non-hydrogen) atoms. The van der Waals surface area contributed by atoms with Gasteiger partial charge < -0.3 is 9.64 Å². The predicted molar refractivity (Wildman–Crippen MR) is 74.6 cm³/mol. The van der Waals surface area contributed by atoms with E-state index < -0.39 is 0 Å². The first-order valence-electron chi connectivity index (χ1n) is 6.74. The molecule has 0 aliphatic carbocycles. The first-order valence-corrected chi connectivity index (χ1v) is 7.12. The molecule has 0 atom stereocenters. The van der Waals surface area contributed by atoms with Crippen LogP contribution in [0.1, 0.15) is 35.8 Å². The van der Waals surface area contributed by atoms with Gasteiger partial charge in [0.2, 0.25) is 0 Å². The quantitative estimate of drug-likeness (QED) is 0.800. The minimum absolute atomic E-state index is 0.0205. The van der Waals surface area contributed by atoms with E-state index >= 15 is 0 Å². The number of halogens is 1. The van der Waals surface area contributed by atoms with Crippen LogP contribution in [-0.2, 0) is 11.2 Å². The topological polar surface area (TPSA) is 42.4 Å². The second kappa shape index (κ2) is 6.87. The summed E-state index contributed by atoms with van der Waals surface area (Å²) in [6.45, 7) is 4.79. The average Bonchev–Trinajstić information content (AvgIpc) is 2.66. The van der Waals surface area contributed by atoms with Crippen LogP contribution in [0.4, 0.5) is 0 Å². The number of hydrogen-bond acceptors (Lipinski definition) is 3. The fourth-order valence-corrected chi connectivity index (χ4v) is 2.42. The fraction of sp³-hybridized carbons (Fsp3) is 0.571. The molecule has 1 amide bonds. The summed E-state index contributed by atoms with van der Waals surface area (Å²) in [6, 6.07) is 3.50. The lowest BCUT2D eigenvalue weighted by atomic mass is 10.1. The number of carbonyl (C=O) groups excluding carboxylic acids is 1. The second-order valence-corrected chi connectivity index (χ2v) is 5.07. The molecule has 1 aliphatic heterocycles. The van der Waals surface area contributed by atoms with Crippen LogP contribution in [0.5, 0.6) is 0 Å². The lowest BCUT2D eigenvalue weighted by molar-refractivity contribution is 0.0741. The highest BCUT2D eigenvalue weighted by Gasteiger charge is 2.18. The zero-order valence-electron chi connectivity index (χ0n) is 11.2. The van der Waals surface area contributed by atoms with E-state index in [2.05, 4.69) is 11.9 Å². The molecule has 0 saturated carbocycles. The molecule has 0 radical (unpaired) electrons. The lowest BCUT2D eigenvalue weighted by Gasteiger charge is -2.20. The van der Waals surface area contributed by atoms with Crippen molar-refractivity contribution in [2.24, 2.45) is 0 Å². The van der Waals surface area contributed by atoms with Gasteiger partial charge in [-0.1, -0.05) is 24.9 Å². The van der Waals surface area contributed by atoms with Crippen molar-refractivity contribution in [1.29, 1.82) is 0 Å². The Kier molecular flexibility index (Phi) is 5.16. The van der Waals surface area contributed by atoms with Crippen molar-refractivity contribution in [3.8, 4) is 0 Å². The summed E-state index contributed by atoms with van der Waals surface area (Å²) in [4.78, 5) is 18.5. The lowest BCUT2D eigenvalue weighted by Crippen LogP contribution is -2.33. The first kappa shape index (κ1) is 14.3. The molecule has 2 rings (SSSR count). The molecule has 0 spiro atoms. The van der Waals surface area contributed by atoms with Crippen LogP contribution in [0, 0.1) is 0 Å². The molecule has 1 aromatic heterocycles. The normalized spacial score (nSPS) is 16.2. The molecule has 5 heteroatoms. The minimum Gasteiger partial charge on any atom is -0.380 e. The van der Waals surface area contributed by atoms with Crippen LogP contribution in [0.15, 0.2) is 12.1 Å². The van der Waals surface area contributed by atoms with Gasteiger partial charge in [0.05, 0.1) is 6.61 Å². The second-order valence-electron chi connectivity index (χ2n) is 4.68. The molecule has 1 saturated heterocycles. The molecule has 0 N–H and O–H groups in total. The number of aryl methyl sites for hydroxylation is 1. The van der Waals surface area contributed by atoms with Crippen molar-refractivity contribution in [3.05, 3.63) is 28.5 Å². The Morgan fingerprint density at radius 3 is 3.05 bits per heavy atom. The molecule has 0 aromatic carbocycles. The van der Waals surface area contributed by atoms with Crippen molar-refractivity contribution in [2.75, 3.05) is 26.3 Å². The number of nitrogens with zero attached hydrogens (tertiary/aromatic N) is 2. The van der Waals surface area contributed by atoms with E-state index in [0.717, 1.165) is 38.1 Å². The Morgan fingerprint density at radius 2 is 2.26 bits per heavy atom. The maximum atomic E-state index is 12.4. The van der Waals surface area contributed by atoms with Crippen LogP contribution >= 0.6 is 11.6 Å². The summed E-state index contributed by atoms with van der Waals surface area (Å²) >= 11 is 5.99. The molecular weight excluding hydrogens is 264 g/mol. The Balaban J connectivity index is 2.17. The van der Waals surface area contributed by atoms with Crippen LogP contribution in [-0.4, -0.2) is 42.1 Å². The van der Waals surface area contributed by atoms with Gasteiger partial charge in [0, 0.05) is 31.0 Å². The molecule has 0 bridgehead atoms. The van der Waals surface area contributed by atoms with Crippen molar-refractivity contribution in [1.82, 2.24) is 9.88 Å². The number of rotatable bonds is 3. The van der Waals surface area contributed by atoms with Gasteiger partial charge in [-0.2, -0.15) is 0 Å². The van der Waals surface area contributed by atoms with E-state index in [1.807, 2.05) is 11.0 Å². The summed E-state index contributed by atoms with van der Waals surface area (Å²) < 4.78 is 5.36. The van der Waals surface area contributed by atoms with Crippen LogP contribution in [0.2, 0.25) is 5.15 Å². The molecular formula is C14H19ClN2O2. The highest BCUT2D eigenvalue weighted by molar-refractivity contribution is 6.29. The zero-order valence-corrected chi connectivity index (χ0v) is 11.9. The van der Waals surface area contributed by atoms with Gasteiger partial charge >= 0.3 is 0 Å². The van der Waals surface area contributed by atoms with E-state index in [1.54, 1.807) is 6.07 Å². The largest absolute Gasteiger partial charge is 0.380 e. The Hall–Kier alpha value is -1.13. The van der Waals surface area contributed by atoms with Crippen molar-refractivity contribution in [2.45, 2.75) is 26.2 Å². The van der Waals surface area contributed by atoms with Gasteiger partial charge in [-0.3, -0.25) is 4.79 Å². The Morgan fingerprint density at radius 1 is 1.42 bits per heavy atom. The standard InChI is InChI=1S/C14H19ClN2O2/c1-2-4-12-9-11(10-13(15)16-12)14(18)17-5-3-7-19-8-6-17/h9-10H,2-8H2,1H3. The molecule has 1 aromatic rings. The number of pyridine rings is 1. The van der Waals surface area contributed by atoms with Gasteiger partial charge in [-0.15, -0.1) is 0 Å². The third-order valence-electron chi connectivity index (χ3n) is 3.11. The summed E-state index contributed by atoms with van der Waals surface area (Å²) in [7, 11) is 0. The monoisotopic (exact) mass is 282 g/mol. The van der Waals surface area contributed by atoms with Gasteiger partial charge in [-0.05, 0) is 25.0 Å². The van der Waals surface area contributed by atoms with Crippen molar-refractivity contribution >= 4 is 17.5 Å². The summed E-state index contributed by atoms with van der Waals surface area (Å²) in [6.07, 6.45) is 2.70. The average molecular weight is 283 g/mol. The molecule has 2 heterocycles. The third-order valence-corrected chi connectivity index (χ3v) is 3.30. The molecule has 104 valence electrons. The van der Waals surface area contributed by atoms with E-state index in [9.17, 15) is 4.79 Å². The maximum absolute atomic E-state index is 12.4. The first-order chi connectivity index (χ1) is 9.20. The molecule has 4 nitrogen and oxygen atoms in total. The SMILES string of the molecule is CCCc1cc(C(=O)N2CCCOCC2)cc(Cl)n1. The highest BCUT2D eigenvalue weighted by Crippen LogP contribution is 2.15.